The Morgan fingerprint density at radius 3 is 2.58 bits per heavy atom. The van der Waals surface area contributed by atoms with Gasteiger partial charge in [0.1, 0.15) is 12.6 Å². The van der Waals surface area contributed by atoms with E-state index in [-0.39, 0.29) is 12.1 Å². The summed E-state index contributed by atoms with van der Waals surface area (Å²) >= 11 is 0. The average molecular weight is 349 g/mol. The van der Waals surface area contributed by atoms with Gasteiger partial charge in [-0.25, -0.2) is 9.78 Å². The van der Waals surface area contributed by atoms with Crippen LogP contribution >= 0.6 is 0 Å². The van der Waals surface area contributed by atoms with Crippen molar-refractivity contribution in [1.82, 2.24) is 4.98 Å². The Kier molecular flexibility index (Phi) is 4.31. The predicted molar refractivity (Wildman–Crippen MR) is 99.1 cm³/mol. The summed E-state index contributed by atoms with van der Waals surface area (Å²) in [6.07, 6.45) is 1.44. The molecule has 0 radical (unpaired) electrons. The number of anilines is 2. The molecular formula is C20H19N3O3. The minimum Gasteiger partial charge on any atom is -0.447 e. The Hall–Kier alpha value is -3.28. The molecule has 132 valence electrons. The first-order valence-electron chi connectivity index (χ1n) is 8.53. The molecule has 1 aromatic heterocycles. The summed E-state index contributed by atoms with van der Waals surface area (Å²) in [5, 5.41) is 3.36. The lowest BCUT2D eigenvalue weighted by molar-refractivity contribution is 0.181. The summed E-state index contributed by atoms with van der Waals surface area (Å²) in [6.45, 7) is 3.01. The number of carbonyl (C=O) groups excluding carboxylic acids is 1. The fraction of sp³-hybridized carbons (Fsp3) is 0.200. The number of oxazole rings is 1. The molecule has 0 aliphatic carbocycles. The molecular weight excluding hydrogens is 330 g/mol. The molecule has 1 saturated heterocycles. The smallest absolute Gasteiger partial charge is 0.414 e. The van der Waals surface area contributed by atoms with E-state index in [1.165, 1.54) is 0 Å². The molecule has 1 atom stereocenters. The van der Waals surface area contributed by atoms with Crippen LogP contribution in [0.1, 0.15) is 18.9 Å². The molecule has 1 fully saturated rings. The van der Waals surface area contributed by atoms with Gasteiger partial charge in [0.15, 0.2) is 5.76 Å². The van der Waals surface area contributed by atoms with Crippen LogP contribution in [0.4, 0.5) is 16.2 Å². The van der Waals surface area contributed by atoms with Gasteiger partial charge < -0.3 is 14.5 Å². The van der Waals surface area contributed by atoms with Crippen molar-refractivity contribution < 1.29 is 13.9 Å². The number of amides is 1. The molecule has 4 rings (SSSR count). The van der Waals surface area contributed by atoms with E-state index in [1.807, 2.05) is 61.5 Å². The van der Waals surface area contributed by atoms with E-state index in [9.17, 15) is 4.79 Å². The summed E-state index contributed by atoms with van der Waals surface area (Å²) in [5.74, 6) is 1.37. The van der Waals surface area contributed by atoms with Gasteiger partial charge in [-0.2, -0.15) is 0 Å². The number of carbonyl (C=O) groups is 1. The van der Waals surface area contributed by atoms with Crippen molar-refractivity contribution in [3.05, 3.63) is 66.7 Å². The number of nitrogens with zero attached hydrogens (tertiary/aromatic N) is 2. The molecule has 6 nitrogen and oxygen atoms in total. The van der Waals surface area contributed by atoms with Crippen molar-refractivity contribution >= 4 is 17.5 Å². The van der Waals surface area contributed by atoms with Crippen LogP contribution in [-0.4, -0.2) is 24.2 Å². The molecule has 2 heterocycles. The van der Waals surface area contributed by atoms with Gasteiger partial charge in [0.05, 0.1) is 12.7 Å². The maximum atomic E-state index is 11.6. The van der Waals surface area contributed by atoms with Gasteiger partial charge in [0, 0.05) is 16.9 Å². The fourth-order valence-corrected chi connectivity index (χ4v) is 2.90. The molecule has 0 bridgehead atoms. The van der Waals surface area contributed by atoms with Gasteiger partial charge in [-0.05, 0) is 31.2 Å². The third kappa shape index (κ3) is 3.26. The van der Waals surface area contributed by atoms with Crippen molar-refractivity contribution in [3.63, 3.8) is 0 Å². The standard InChI is InChI=1S/C20H19N3O3/c1-14(19-21-13-18(26-19)15-5-3-2-4-6-15)22-16-7-9-17(10-8-16)23-11-12-25-20(23)24/h2-10,13-14,22H,11-12H2,1H3. The topological polar surface area (TPSA) is 67.6 Å². The van der Waals surface area contributed by atoms with Crippen molar-refractivity contribution in [2.24, 2.45) is 0 Å². The zero-order valence-corrected chi connectivity index (χ0v) is 14.4. The Morgan fingerprint density at radius 1 is 1.12 bits per heavy atom. The lowest BCUT2D eigenvalue weighted by atomic mass is 10.2. The molecule has 1 unspecified atom stereocenters. The number of hydrogen-bond donors (Lipinski definition) is 1. The number of benzene rings is 2. The van der Waals surface area contributed by atoms with Crippen molar-refractivity contribution in [1.29, 1.82) is 0 Å². The summed E-state index contributed by atoms with van der Waals surface area (Å²) in [5.41, 5.74) is 2.75. The Labute approximate surface area is 151 Å². The van der Waals surface area contributed by atoms with Crippen molar-refractivity contribution in [3.8, 4) is 11.3 Å². The van der Waals surface area contributed by atoms with Crippen LogP contribution < -0.4 is 10.2 Å². The number of nitrogens with one attached hydrogen (secondary N) is 1. The van der Waals surface area contributed by atoms with Crippen molar-refractivity contribution in [2.75, 3.05) is 23.4 Å². The monoisotopic (exact) mass is 349 g/mol. The van der Waals surface area contributed by atoms with E-state index in [0.29, 0.717) is 19.0 Å². The maximum Gasteiger partial charge on any atom is 0.414 e. The summed E-state index contributed by atoms with van der Waals surface area (Å²) in [4.78, 5) is 17.6. The molecule has 0 saturated carbocycles. The minimum atomic E-state index is -0.299. The van der Waals surface area contributed by atoms with E-state index < -0.39 is 0 Å². The van der Waals surface area contributed by atoms with Crippen LogP contribution in [0, 0.1) is 0 Å². The van der Waals surface area contributed by atoms with E-state index in [1.54, 1.807) is 11.1 Å². The highest BCUT2D eigenvalue weighted by Crippen LogP contribution is 2.26. The number of rotatable bonds is 5. The van der Waals surface area contributed by atoms with Crippen LogP contribution in [0.15, 0.2) is 65.2 Å². The first kappa shape index (κ1) is 16.2. The molecule has 0 spiro atoms. The number of ether oxygens (including phenoxy) is 1. The molecule has 6 heteroatoms. The minimum absolute atomic E-state index is 0.0879. The second-order valence-electron chi connectivity index (χ2n) is 6.11. The fourth-order valence-electron chi connectivity index (χ4n) is 2.90. The molecule has 3 aromatic rings. The summed E-state index contributed by atoms with van der Waals surface area (Å²) < 4.78 is 10.8. The van der Waals surface area contributed by atoms with E-state index in [0.717, 1.165) is 22.7 Å². The SMILES string of the molecule is CC(Nc1ccc(N2CCOC2=O)cc1)c1ncc(-c2ccccc2)o1. The summed E-state index contributed by atoms with van der Waals surface area (Å²) in [7, 11) is 0. The van der Waals surface area contributed by atoms with E-state index in [2.05, 4.69) is 10.3 Å². The average Bonchev–Trinajstić information content (AvgIpc) is 3.32. The van der Waals surface area contributed by atoms with Gasteiger partial charge in [0.25, 0.3) is 0 Å². The normalized spacial score (nSPS) is 15.0. The third-order valence-electron chi connectivity index (χ3n) is 4.28. The van der Waals surface area contributed by atoms with Gasteiger partial charge in [-0.15, -0.1) is 0 Å². The molecule has 1 aliphatic heterocycles. The Bertz CT molecular complexity index is 890. The first-order chi connectivity index (χ1) is 12.7. The van der Waals surface area contributed by atoms with Gasteiger partial charge >= 0.3 is 6.09 Å². The van der Waals surface area contributed by atoms with Crippen molar-refractivity contribution in [2.45, 2.75) is 13.0 Å². The highest BCUT2D eigenvalue weighted by Gasteiger charge is 2.23. The summed E-state index contributed by atoms with van der Waals surface area (Å²) in [6, 6.07) is 17.4. The van der Waals surface area contributed by atoms with Crippen LogP contribution in [0.25, 0.3) is 11.3 Å². The number of aromatic nitrogens is 1. The Morgan fingerprint density at radius 2 is 1.88 bits per heavy atom. The molecule has 1 amide bonds. The Balaban J connectivity index is 1.44. The predicted octanol–water partition coefficient (Wildman–Crippen LogP) is 4.47. The second kappa shape index (κ2) is 6.92. The first-order valence-corrected chi connectivity index (χ1v) is 8.53. The quantitative estimate of drug-likeness (QED) is 0.736. The van der Waals surface area contributed by atoms with Gasteiger partial charge in [0.2, 0.25) is 5.89 Å². The van der Waals surface area contributed by atoms with Gasteiger partial charge in [-0.1, -0.05) is 30.3 Å². The number of cyclic esters (lactones) is 1. The van der Waals surface area contributed by atoms with Crippen LogP contribution in [0.3, 0.4) is 0 Å². The third-order valence-corrected chi connectivity index (χ3v) is 4.28. The maximum absolute atomic E-state index is 11.6. The highest BCUT2D eigenvalue weighted by molar-refractivity contribution is 5.89. The highest BCUT2D eigenvalue weighted by atomic mass is 16.6. The van der Waals surface area contributed by atoms with E-state index in [4.69, 9.17) is 9.15 Å². The lowest BCUT2D eigenvalue weighted by Crippen LogP contribution is -2.23. The van der Waals surface area contributed by atoms with Crippen LogP contribution in [0.2, 0.25) is 0 Å². The molecule has 26 heavy (non-hydrogen) atoms. The molecule has 1 N–H and O–H groups in total. The molecule has 1 aliphatic rings. The zero-order valence-electron chi connectivity index (χ0n) is 14.4. The van der Waals surface area contributed by atoms with Gasteiger partial charge in [-0.3, -0.25) is 4.90 Å². The van der Waals surface area contributed by atoms with E-state index >= 15 is 0 Å². The number of hydrogen-bond acceptors (Lipinski definition) is 5. The van der Waals surface area contributed by atoms with Crippen LogP contribution in [-0.2, 0) is 4.74 Å². The second-order valence-corrected chi connectivity index (χ2v) is 6.11. The molecule has 2 aromatic carbocycles. The van der Waals surface area contributed by atoms with Crippen LogP contribution in [0.5, 0.6) is 0 Å². The lowest BCUT2D eigenvalue weighted by Gasteiger charge is -2.15. The zero-order chi connectivity index (χ0) is 17.9. The largest absolute Gasteiger partial charge is 0.447 e.